The highest BCUT2D eigenvalue weighted by atomic mass is 79.9. The van der Waals surface area contributed by atoms with Crippen LogP contribution < -0.4 is 0 Å². The highest BCUT2D eigenvalue weighted by molar-refractivity contribution is 9.09. The summed E-state index contributed by atoms with van der Waals surface area (Å²) in [6.07, 6.45) is 0. The van der Waals surface area contributed by atoms with Crippen LogP contribution in [0.1, 0.15) is 10.4 Å². The highest BCUT2D eigenvalue weighted by Crippen LogP contribution is 2.26. The molecule has 0 bridgehead atoms. The lowest BCUT2D eigenvalue weighted by atomic mass is 10.2. The van der Waals surface area contributed by atoms with E-state index in [1.807, 2.05) is 0 Å². The van der Waals surface area contributed by atoms with E-state index in [2.05, 4.69) is 15.9 Å². The van der Waals surface area contributed by atoms with Gasteiger partial charge in [0.05, 0.1) is 0 Å². The van der Waals surface area contributed by atoms with Crippen LogP contribution in [0.4, 0.5) is 0 Å². The van der Waals surface area contributed by atoms with E-state index in [4.69, 9.17) is 23.2 Å². The molecular formula is C8H5BrCl2O. The summed E-state index contributed by atoms with van der Waals surface area (Å²) in [4.78, 5) is 10.3. The minimum atomic E-state index is -0.474. The number of rotatable bonds is 2. The average Bonchev–Trinajstić information content (AvgIpc) is 2.03. The Morgan fingerprint density at radius 3 is 2.67 bits per heavy atom. The molecular weight excluding hydrogens is 263 g/mol. The van der Waals surface area contributed by atoms with E-state index in [1.54, 1.807) is 24.3 Å². The zero-order valence-corrected chi connectivity index (χ0v) is 9.03. The lowest BCUT2D eigenvalue weighted by Crippen LogP contribution is -1.97. The molecule has 0 aliphatic rings. The molecule has 0 spiro atoms. The topological polar surface area (TPSA) is 17.1 Å². The van der Waals surface area contributed by atoms with Crippen molar-refractivity contribution in [2.45, 2.75) is 4.83 Å². The van der Waals surface area contributed by atoms with Gasteiger partial charge in [0, 0.05) is 5.02 Å². The quantitative estimate of drug-likeness (QED) is 0.592. The summed E-state index contributed by atoms with van der Waals surface area (Å²) in [6.45, 7) is 0. The fourth-order valence-corrected chi connectivity index (χ4v) is 1.40. The smallest absolute Gasteiger partial charge is 0.239 e. The number of carbonyl (C=O) groups excluding carboxylic acids is 1. The first-order chi connectivity index (χ1) is 5.61. The lowest BCUT2D eigenvalue weighted by Gasteiger charge is -2.03. The Morgan fingerprint density at radius 2 is 2.17 bits per heavy atom. The van der Waals surface area contributed by atoms with Crippen molar-refractivity contribution >= 4 is 44.4 Å². The predicted molar refractivity (Wildman–Crippen MR) is 54.0 cm³/mol. The maximum absolute atomic E-state index is 10.7. The molecule has 1 aromatic carbocycles. The van der Waals surface area contributed by atoms with Crippen LogP contribution in [0, 0.1) is 0 Å². The highest BCUT2D eigenvalue weighted by Gasteiger charge is 2.14. The van der Waals surface area contributed by atoms with Gasteiger partial charge in [0.2, 0.25) is 5.24 Å². The van der Waals surface area contributed by atoms with Gasteiger partial charge in [-0.1, -0.05) is 39.7 Å². The van der Waals surface area contributed by atoms with E-state index in [9.17, 15) is 4.79 Å². The second kappa shape index (κ2) is 4.26. The van der Waals surface area contributed by atoms with Crippen LogP contribution in [0.15, 0.2) is 24.3 Å². The number of hydrogen-bond donors (Lipinski definition) is 0. The molecule has 0 N–H and O–H groups in total. The van der Waals surface area contributed by atoms with Crippen LogP contribution in [0.3, 0.4) is 0 Å². The Hall–Kier alpha value is -0.0500. The number of benzene rings is 1. The summed E-state index contributed by atoms with van der Waals surface area (Å²) >= 11 is 14.1. The SMILES string of the molecule is O=C(Cl)[C@@H](Br)c1cccc(Cl)c1. The first kappa shape index (κ1) is 10.0. The normalized spacial score (nSPS) is 12.6. The van der Waals surface area contributed by atoms with Crippen molar-refractivity contribution < 1.29 is 4.79 Å². The van der Waals surface area contributed by atoms with Gasteiger partial charge in [-0.15, -0.1) is 0 Å². The largest absolute Gasteiger partial charge is 0.280 e. The Bertz CT molecular complexity index is 301. The summed E-state index contributed by atoms with van der Waals surface area (Å²) in [5.41, 5.74) is 0.766. The Labute approximate surface area is 88.8 Å². The van der Waals surface area contributed by atoms with Crippen molar-refractivity contribution in [2.75, 3.05) is 0 Å². The molecule has 0 saturated carbocycles. The average molecular weight is 268 g/mol. The molecule has 0 amide bonds. The van der Waals surface area contributed by atoms with E-state index in [0.29, 0.717) is 5.02 Å². The van der Waals surface area contributed by atoms with Crippen LogP contribution in [-0.2, 0) is 4.79 Å². The third kappa shape index (κ3) is 2.47. The summed E-state index contributed by atoms with van der Waals surface area (Å²) < 4.78 is 0. The third-order valence-electron chi connectivity index (χ3n) is 1.34. The molecule has 0 fully saturated rings. The van der Waals surface area contributed by atoms with Crippen molar-refractivity contribution in [1.29, 1.82) is 0 Å². The number of alkyl halides is 1. The van der Waals surface area contributed by atoms with E-state index >= 15 is 0 Å². The molecule has 12 heavy (non-hydrogen) atoms. The Balaban J connectivity index is 2.95. The van der Waals surface area contributed by atoms with Gasteiger partial charge in [-0.05, 0) is 29.3 Å². The fraction of sp³-hybridized carbons (Fsp3) is 0.125. The number of halogens is 3. The van der Waals surface area contributed by atoms with Gasteiger partial charge in [-0.2, -0.15) is 0 Å². The van der Waals surface area contributed by atoms with Crippen molar-refractivity contribution in [3.05, 3.63) is 34.9 Å². The molecule has 0 aromatic heterocycles. The van der Waals surface area contributed by atoms with Crippen LogP contribution in [0.2, 0.25) is 5.02 Å². The Kier molecular flexibility index (Phi) is 3.56. The van der Waals surface area contributed by atoms with Crippen LogP contribution in [-0.4, -0.2) is 5.24 Å². The molecule has 0 unspecified atom stereocenters. The van der Waals surface area contributed by atoms with Crippen LogP contribution >= 0.6 is 39.1 Å². The fourth-order valence-electron chi connectivity index (χ4n) is 0.795. The number of hydrogen-bond acceptors (Lipinski definition) is 1. The minimum absolute atomic E-state index is 0.447. The first-order valence-corrected chi connectivity index (χ1v) is 4.87. The second-order valence-corrected chi connectivity index (χ2v) is 3.95. The molecule has 0 saturated heterocycles. The standard InChI is InChI=1S/C8H5BrCl2O/c9-7(8(11)12)5-2-1-3-6(10)4-5/h1-4,7H/t7-/m0/s1. The lowest BCUT2D eigenvalue weighted by molar-refractivity contribution is -0.111. The van der Waals surface area contributed by atoms with Gasteiger partial charge in [-0.25, -0.2) is 0 Å². The summed E-state index contributed by atoms with van der Waals surface area (Å²) in [7, 11) is 0. The Morgan fingerprint density at radius 1 is 1.50 bits per heavy atom. The summed E-state index contributed by atoms with van der Waals surface area (Å²) in [5, 5.41) is 0.145. The van der Waals surface area contributed by atoms with Crippen molar-refractivity contribution in [1.82, 2.24) is 0 Å². The first-order valence-electron chi connectivity index (χ1n) is 3.20. The van der Waals surface area contributed by atoms with Crippen LogP contribution in [0.5, 0.6) is 0 Å². The van der Waals surface area contributed by atoms with Crippen molar-refractivity contribution in [3.8, 4) is 0 Å². The van der Waals surface area contributed by atoms with Gasteiger partial charge in [0.25, 0.3) is 0 Å². The van der Waals surface area contributed by atoms with Gasteiger partial charge in [0.15, 0.2) is 0 Å². The molecule has 0 aliphatic heterocycles. The van der Waals surface area contributed by atoms with E-state index in [1.165, 1.54) is 0 Å². The summed E-state index contributed by atoms with van der Waals surface area (Å²) in [5.74, 6) is 0. The van der Waals surface area contributed by atoms with Crippen molar-refractivity contribution in [2.24, 2.45) is 0 Å². The maximum atomic E-state index is 10.7. The van der Waals surface area contributed by atoms with E-state index < -0.39 is 10.1 Å². The molecule has 1 nitrogen and oxygen atoms in total. The minimum Gasteiger partial charge on any atom is -0.280 e. The third-order valence-corrected chi connectivity index (χ3v) is 3.00. The molecule has 0 heterocycles. The molecule has 0 radical (unpaired) electrons. The molecule has 1 atom stereocenters. The maximum Gasteiger partial charge on any atom is 0.239 e. The predicted octanol–water partition coefficient (Wildman–Crippen LogP) is 3.54. The monoisotopic (exact) mass is 266 g/mol. The zero-order chi connectivity index (χ0) is 9.14. The van der Waals surface area contributed by atoms with Gasteiger partial charge >= 0.3 is 0 Å². The molecule has 4 heteroatoms. The van der Waals surface area contributed by atoms with Gasteiger partial charge in [-0.3, -0.25) is 4.79 Å². The van der Waals surface area contributed by atoms with Crippen molar-refractivity contribution in [3.63, 3.8) is 0 Å². The second-order valence-electron chi connectivity index (χ2n) is 2.22. The van der Waals surface area contributed by atoms with E-state index in [-0.39, 0.29) is 0 Å². The molecule has 64 valence electrons. The van der Waals surface area contributed by atoms with Gasteiger partial charge < -0.3 is 0 Å². The number of carbonyl (C=O) groups is 1. The zero-order valence-electron chi connectivity index (χ0n) is 5.93. The molecule has 0 aliphatic carbocycles. The summed E-state index contributed by atoms with van der Waals surface area (Å²) in [6, 6.07) is 6.99. The molecule has 1 rings (SSSR count). The van der Waals surface area contributed by atoms with Gasteiger partial charge in [0.1, 0.15) is 4.83 Å². The molecule has 1 aromatic rings. The van der Waals surface area contributed by atoms with E-state index in [0.717, 1.165) is 5.56 Å². The van der Waals surface area contributed by atoms with Crippen LogP contribution in [0.25, 0.3) is 0 Å².